The molecule has 100 valence electrons. The van der Waals surface area contributed by atoms with Gasteiger partial charge in [0.05, 0.1) is 17.1 Å². The van der Waals surface area contributed by atoms with Gasteiger partial charge in [-0.3, -0.25) is 0 Å². The average Bonchev–Trinajstić information content (AvgIpc) is 2.35. The zero-order chi connectivity index (χ0) is 14.2. The van der Waals surface area contributed by atoms with Crippen LogP contribution in [0.1, 0.15) is 5.69 Å². The largest absolute Gasteiger partial charge is 0.433 e. The highest BCUT2D eigenvalue weighted by Crippen LogP contribution is 2.32. The summed E-state index contributed by atoms with van der Waals surface area (Å²) < 4.78 is 51.3. The Morgan fingerprint density at radius 2 is 1.74 bits per heavy atom. The van der Waals surface area contributed by atoms with Crippen molar-refractivity contribution in [1.29, 1.82) is 0 Å². The van der Waals surface area contributed by atoms with Gasteiger partial charge in [-0.05, 0) is 18.2 Å². The van der Waals surface area contributed by atoms with Crippen molar-refractivity contribution in [2.75, 3.05) is 11.5 Å². The second-order valence-electron chi connectivity index (χ2n) is 3.72. The molecule has 0 amide bonds. The summed E-state index contributed by atoms with van der Waals surface area (Å²) in [5.41, 5.74) is 8.90. The van der Waals surface area contributed by atoms with Gasteiger partial charge in [0.25, 0.3) is 0 Å². The van der Waals surface area contributed by atoms with Crippen molar-refractivity contribution in [2.24, 2.45) is 0 Å². The van der Waals surface area contributed by atoms with Crippen molar-refractivity contribution < 1.29 is 17.6 Å². The molecule has 8 heteroatoms. The monoisotopic (exact) mass is 272 g/mol. The van der Waals surface area contributed by atoms with Crippen LogP contribution >= 0.6 is 0 Å². The van der Waals surface area contributed by atoms with Crippen molar-refractivity contribution in [2.45, 2.75) is 6.18 Å². The Labute approximate surface area is 105 Å². The second kappa shape index (κ2) is 4.38. The number of hydrogen-bond donors (Lipinski definition) is 2. The average molecular weight is 272 g/mol. The molecule has 0 atom stereocenters. The molecular formula is C11H8F4N4. The Morgan fingerprint density at radius 1 is 1.05 bits per heavy atom. The lowest BCUT2D eigenvalue weighted by Crippen LogP contribution is -2.09. The minimum Gasteiger partial charge on any atom is -0.397 e. The van der Waals surface area contributed by atoms with Crippen LogP contribution in [-0.2, 0) is 6.18 Å². The summed E-state index contributed by atoms with van der Waals surface area (Å²) in [6, 6.07) is 3.15. The minimum atomic E-state index is -4.63. The summed E-state index contributed by atoms with van der Waals surface area (Å²) in [5.74, 6) is -0.910. The molecule has 0 radical (unpaired) electrons. The highest BCUT2D eigenvalue weighted by Gasteiger charge is 2.33. The zero-order valence-electron chi connectivity index (χ0n) is 9.37. The van der Waals surface area contributed by atoms with Crippen LogP contribution < -0.4 is 11.5 Å². The molecule has 4 nitrogen and oxygen atoms in total. The summed E-state index contributed by atoms with van der Waals surface area (Å²) >= 11 is 0. The fourth-order valence-electron chi connectivity index (χ4n) is 1.47. The molecule has 2 rings (SSSR count). The molecule has 1 aromatic heterocycles. The third-order valence-electron chi connectivity index (χ3n) is 2.45. The van der Waals surface area contributed by atoms with Crippen molar-refractivity contribution in [3.8, 4) is 11.3 Å². The third kappa shape index (κ3) is 2.42. The van der Waals surface area contributed by atoms with Gasteiger partial charge in [0.2, 0.25) is 0 Å². The van der Waals surface area contributed by atoms with E-state index in [2.05, 4.69) is 9.97 Å². The zero-order valence-corrected chi connectivity index (χ0v) is 9.37. The first-order chi connectivity index (χ1) is 8.80. The van der Waals surface area contributed by atoms with E-state index in [1.807, 2.05) is 0 Å². The van der Waals surface area contributed by atoms with E-state index in [-0.39, 0.29) is 22.6 Å². The number of halogens is 4. The predicted octanol–water partition coefficient (Wildman–Crippen LogP) is 2.47. The molecule has 0 saturated heterocycles. The lowest BCUT2D eigenvalue weighted by molar-refractivity contribution is -0.141. The SMILES string of the molecule is Nc1ccc(-c2cc(C(F)(F)F)ncn2)c(F)c1N. The predicted molar refractivity (Wildman–Crippen MR) is 61.3 cm³/mol. The number of nitrogens with zero attached hydrogens (tertiary/aromatic N) is 2. The van der Waals surface area contributed by atoms with Gasteiger partial charge in [-0.2, -0.15) is 13.2 Å². The van der Waals surface area contributed by atoms with Gasteiger partial charge in [0, 0.05) is 5.56 Å². The van der Waals surface area contributed by atoms with E-state index in [4.69, 9.17) is 11.5 Å². The van der Waals surface area contributed by atoms with E-state index >= 15 is 0 Å². The van der Waals surface area contributed by atoms with Gasteiger partial charge in [0.15, 0.2) is 5.82 Å². The molecule has 0 aliphatic heterocycles. The maximum absolute atomic E-state index is 13.8. The summed E-state index contributed by atoms with van der Waals surface area (Å²) in [4.78, 5) is 6.70. The first kappa shape index (κ1) is 13.1. The quantitative estimate of drug-likeness (QED) is 0.617. The van der Waals surface area contributed by atoms with Crippen molar-refractivity contribution >= 4 is 11.4 Å². The van der Waals surface area contributed by atoms with Gasteiger partial charge in [0.1, 0.15) is 12.0 Å². The molecule has 0 aliphatic rings. The van der Waals surface area contributed by atoms with E-state index in [1.54, 1.807) is 0 Å². The van der Waals surface area contributed by atoms with Crippen molar-refractivity contribution in [3.63, 3.8) is 0 Å². The topological polar surface area (TPSA) is 77.8 Å². The molecule has 4 N–H and O–H groups in total. The summed E-state index contributed by atoms with van der Waals surface area (Å²) in [6.45, 7) is 0. The number of nitrogens with two attached hydrogens (primary N) is 2. The lowest BCUT2D eigenvalue weighted by Gasteiger charge is -2.09. The number of alkyl halides is 3. The number of nitrogen functional groups attached to an aromatic ring is 2. The van der Waals surface area contributed by atoms with Crippen LogP contribution in [0, 0.1) is 5.82 Å². The van der Waals surface area contributed by atoms with E-state index in [1.165, 1.54) is 12.1 Å². The Hall–Kier alpha value is -2.38. The van der Waals surface area contributed by atoms with Crippen LogP contribution in [0.5, 0.6) is 0 Å². The molecule has 2 aromatic rings. The minimum absolute atomic E-state index is 0.00588. The van der Waals surface area contributed by atoms with E-state index < -0.39 is 17.7 Å². The van der Waals surface area contributed by atoms with Crippen LogP contribution in [-0.4, -0.2) is 9.97 Å². The maximum Gasteiger partial charge on any atom is 0.433 e. The van der Waals surface area contributed by atoms with Gasteiger partial charge in [-0.25, -0.2) is 14.4 Å². The number of rotatable bonds is 1. The standard InChI is InChI=1S/C11H8F4N4/c12-9-5(1-2-6(16)10(9)17)7-3-8(11(13,14)15)19-4-18-7/h1-4H,16-17H2. The Bertz CT molecular complexity index is 625. The van der Waals surface area contributed by atoms with Crippen LogP contribution in [0.4, 0.5) is 28.9 Å². The first-order valence-corrected chi connectivity index (χ1v) is 5.03. The molecule has 0 saturated carbocycles. The number of benzene rings is 1. The molecule has 0 bridgehead atoms. The van der Waals surface area contributed by atoms with Crippen LogP contribution in [0.15, 0.2) is 24.5 Å². The van der Waals surface area contributed by atoms with Crippen LogP contribution in [0.3, 0.4) is 0 Å². The van der Waals surface area contributed by atoms with Crippen molar-refractivity contribution in [3.05, 3.63) is 36.0 Å². The van der Waals surface area contributed by atoms with Gasteiger partial charge >= 0.3 is 6.18 Å². The molecule has 0 spiro atoms. The van der Waals surface area contributed by atoms with Gasteiger partial charge < -0.3 is 11.5 Å². The molecule has 0 unspecified atom stereocenters. The normalized spacial score (nSPS) is 11.6. The second-order valence-corrected chi connectivity index (χ2v) is 3.72. The Kier molecular flexibility index (Phi) is 3.01. The highest BCUT2D eigenvalue weighted by atomic mass is 19.4. The lowest BCUT2D eigenvalue weighted by atomic mass is 10.1. The smallest absolute Gasteiger partial charge is 0.397 e. The van der Waals surface area contributed by atoms with Crippen LogP contribution in [0.2, 0.25) is 0 Å². The number of hydrogen-bond acceptors (Lipinski definition) is 4. The van der Waals surface area contributed by atoms with E-state index in [9.17, 15) is 17.6 Å². The van der Waals surface area contributed by atoms with Gasteiger partial charge in [-0.15, -0.1) is 0 Å². The van der Waals surface area contributed by atoms with E-state index in [0.717, 1.165) is 0 Å². The fourth-order valence-corrected chi connectivity index (χ4v) is 1.47. The molecule has 1 aromatic carbocycles. The highest BCUT2D eigenvalue weighted by molar-refractivity contribution is 5.74. The van der Waals surface area contributed by atoms with Gasteiger partial charge in [-0.1, -0.05) is 0 Å². The van der Waals surface area contributed by atoms with Crippen molar-refractivity contribution in [1.82, 2.24) is 9.97 Å². The Morgan fingerprint density at radius 3 is 2.37 bits per heavy atom. The number of aromatic nitrogens is 2. The molecule has 1 heterocycles. The number of anilines is 2. The maximum atomic E-state index is 13.8. The molecule has 0 aliphatic carbocycles. The third-order valence-corrected chi connectivity index (χ3v) is 2.45. The molecule has 19 heavy (non-hydrogen) atoms. The summed E-state index contributed by atoms with van der Waals surface area (Å²) in [7, 11) is 0. The van der Waals surface area contributed by atoms with E-state index in [0.29, 0.717) is 12.4 Å². The molecular weight excluding hydrogens is 264 g/mol. The Balaban J connectivity index is 2.57. The summed E-state index contributed by atoms with van der Waals surface area (Å²) in [5, 5.41) is 0. The molecule has 0 fully saturated rings. The summed E-state index contributed by atoms with van der Waals surface area (Å²) in [6.07, 6.45) is -3.92. The van der Waals surface area contributed by atoms with Crippen LogP contribution in [0.25, 0.3) is 11.3 Å². The first-order valence-electron chi connectivity index (χ1n) is 5.03. The fraction of sp³-hybridized carbons (Fsp3) is 0.0909.